The van der Waals surface area contributed by atoms with Crippen LogP contribution < -0.4 is 4.90 Å². The van der Waals surface area contributed by atoms with E-state index >= 15 is 0 Å². The number of rotatable bonds is 3. The van der Waals surface area contributed by atoms with Crippen molar-refractivity contribution in [2.24, 2.45) is 5.41 Å². The summed E-state index contributed by atoms with van der Waals surface area (Å²) in [6.07, 6.45) is 3.87. The summed E-state index contributed by atoms with van der Waals surface area (Å²) in [6.45, 7) is 7.66. The normalized spacial score (nSPS) is 24.1. The van der Waals surface area contributed by atoms with E-state index in [0.717, 1.165) is 57.0 Å². The minimum Gasteiger partial charge on any atom is -0.379 e. The van der Waals surface area contributed by atoms with Gasteiger partial charge in [0.25, 0.3) is 0 Å². The van der Waals surface area contributed by atoms with Crippen molar-refractivity contribution in [2.75, 3.05) is 44.3 Å². The Bertz CT molecular complexity index is 786. The number of likely N-dealkylation sites (tertiary alicyclic amines) is 1. The van der Waals surface area contributed by atoms with Crippen LogP contribution in [0.5, 0.6) is 0 Å². The van der Waals surface area contributed by atoms with E-state index in [2.05, 4.69) is 31.9 Å². The maximum absolute atomic E-state index is 14.3. The highest BCUT2D eigenvalue weighted by Crippen LogP contribution is 2.35. The Morgan fingerprint density at radius 3 is 2.96 bits per heavy atom. The van der Waals surface area contributed by atoms with E-state index < -0.39 is 0 Å². The number of halogens is 1. The van der Waals surface area contributed by atoms with Crippen molar-refractivity contribution in [1.29, 1.82) is 0 Å². The zero-order chi connectivity index (χ0) is 18.7. The summed E-state index contributed by atoms with van der Waals surface area (Å²) < 4.78 is 20.3. The van der Waals surface area contributed by atoms with Gasteiger partial charge in [-0.25, -0.2) is 9.37 Å². The first-order valence-corrected chi connectivity index (χ1v) is 9.72. The molecule has 5 nitrogen and oxygen atoms in total. The summed E-state index contributed by atoms with van der Waals surface area (Å²) in [6, 6.07) is 9.31. The van der Waals surface area contributed by atoms with Gasteiger partial charge in [-0.3, -0.25) is 9.88 Å². The highest BCUT2D eigenvalue weighted by atomic mass is 19.1. The van der Waals surface area contributed by atoms with E-state index in [-0.39, 0.29) is 11.2 Å². The van der Waals surface area contributed by atoms with Crippen molar-refractivity contribution in [3.63, 3.8) is 0 Å². The van der Waals surface area contributed by atoms with Crippen molar-refractivity contribution < 1.29 is 9.13 Å². The van der Waals surface area contributed by atoms with Crippen LogP contribution in [0, 0.1) is 18.2 Å². The molecule has 2 saturated heterocycles. The van der Waals surface area contributed by atoms with E-state index in [4.69, 9.17) is 4.74 Å². The third-order valence-corrected chi connectivity index (χ3v) is 5.55. The summed E-state index contributed by atoms with van der Waals surface area (Å²) in [5.74, 6) is 0.186. The molecule has 27 heavy (non-hydrogen) atoms. The van der Waals surface area contributed by atoms with Crippen molar-refractivity contribution in [3.8, 4) is 0 Å². The summed E-state index contributed by atoms with van der Waals surface area (Å²) in [5, 5.41) is 0. The first-order chi connectivity index (χ1) is 13.1. The predicted molar refractivity (Wildman–Crippen MR) is 103 cm³/mol. The predicted octanol–water partition coefficient (Wildman–Crippen LogP) is 3.04. The molecule has 2 aromatic heterocycles. The Morgan fingerprint density at radius 1 is 1.19 bits per heavy atom. The molecule has 0 radical (unpaired) electrons. The number of aryl methyl sites for hydroxylation is 1. The van der Waals surface area contributed by atoms with Crippen molar-refractivity contribution >= 4 is 5.82 Å². The fourth-order valence-electron chi connectivity index (χ4n) is 4.39. The van der Waals surface area contributed by atoms with Crippen LogP contribution in [0.25, 0.3) is 0 Å². The van der Waals surface area contributed by atoms with Crippen molar-refractivity contribution in [2.45, 2.75) is 26.3 Å². The second-order valence-corrected chi connectivity index (χ2v) is 7.87. The summed E-state index contributed by atoms with van der Waals surface area (Å²) >= 11 is 0. The van der Waals surface area contributed by atoms with Gasteiger partial charge in [-0.2, -0.15) is 0 Å². The van der Waals surface area contributed by atoms with Crippen LogP contribution in [0.3, 0.4) is 0 Å². The van der Waals surface area contributed by atoms with Crippen LogP contribution in [0.1, 0.15) is 24.2 Å². The molecule has 6 heteroatoms. The van der Waals surface area contributed by atoms with Gasteiger partial charge in [-0.15, -0.1) is 0 Å². The number of hydrogen-bond acceptors (Lipinski definition) is 5. The first-order valence-electron chi connectivity index (χ1n) is 9.72. The minimum absolute atomic E-state index is 0.00252. The molecule has 4 rings (SSSR count). The highest BCUT2D eigenvalue weighted by molar-refractivity contribution is 5.40. The molecule has 1 atom stereocenters. The number of aromatic nitrogens is 2. The molecule has 0 N–H and O–H groups in total. The molecule has 2 aliphatic heterocycles. The lowest BCUT2D eigenvalue weighted by atomic mass is 9.80. The molecule has 0 aromatic carbocycles. The molecule has 2 aliphatic rings. The van der Waals surface area contributed by atoms with Crippen LogP contribution in [0.15, 0.2) is 36.5 Å². The number of piperidine rings is 1. The molecule has 0 aliphatic carbocycles. The maximum atomic E-state index is 14.3. The van der Waals surface area contributed by atoms with Crippen molar-refractivity contribution in [1.82, 2.24) is 14.9 Å². The molecular formula is C21H27FN4O. The van der Waals surface area contributed by atoms with Gasteiger partial charge < -0.3 is 9.64 Å². The Kier molecular flexibility index (Phi) is 5.36. The molecule has 2 fully saturated rings. The number of ether oxygens (including phenoxy) is 1. The lowest BCUT2D eigenvalue weighted by molar-refractivity contribution is 0.0103. The highest BCUT2D eigenvalue weighted by Gasteiger charge is 2.39. The average Bonchev–Trinajstić information content (AvgIpc) is 2.85. The van der Waals surface area contributed by atoms with E-state index in [1.54, 1.807) is 12.3 Å². The van der Waals surface area contributed by atoms with E-state index in [9.17, 15) is 4.39 Å². The van der Waals surface area contributed by atoms with E-state index in [1.807, 2.05) is 13.0 Å². The lowest BCUT2D eigenvalue weighted by Gasteiger charge is -2.43. The van der Waals surface area contributed by atoms with Crippen LogP contribution in [-0.2, 0) is 11.3 Å². The molecule has 0 amide bonds. The lowest BCUT2D eigenvalue weighted by Crippen LogP contribution is -2.50. The van der Waals surface area contributed by atoms with Gasteiger partial charge >= 0.3 is 0 Å². The van der Waals surface area contributed by atoms with Gasteiger partial charge in [0.2, 0.25) is 0 Å². The Hall–Kier alpha value is -2.05. The maximum Gasteiger partial charge on any atom is 0.165 e. The third kappa shape index (κ3) is 4.28. The second-order valence-electron chi connectivity index (χ2n) is 7.87. The molecular weight excluding hydrogens is 343 g/mol. The number of nitrogens with zero attached hydrogens (tertiary/aromatic N) is 4. The average molecular weight is 370 g/mol. The fraction of sp³-hybridized carbons (Fsp3) is 0.524. The molecule has 144 valence electrons. The topological polar surface area (TPSA) is 41.5 Å². The minimum atomic E-state index is -0.258. The quantitative estimate of drug-likeness (QED) is 0.831. The molecule has 0 saturated carbocycles. The van der Waals surface area contributed by atoms with Crippen molar-refractivity contribution in [3.05, 3.63) is 53.7 Å². The Labute approximate surface area is 160 Å². The monoisotopic (exact) mass is 370 g/mol. The summed E-state index contributed by atoms with van der Waals surface area (Å²) in [5.41, 5.74) is 2.16. The second kappa shape index (κ2) is 7.90. The van der Waals surface area contributed by atoms with Crippen LogP contribution in [0.2, 0.25) is 0 Å². The molecule has 2 aromatic rings. The largest absolute Gasteiger partial charge is 0.379 e. The molecule has 0 unspecified atom stereocenters. The fourth-order valence-corrected chi connectivity index (χ4v) is 4.39. The van der Waals surface area contributed by atoms with Crippen LogP contribution in [0.4, 0.5) is 10.2 Å². The van der Waals surface area contributed by atoms with Crippen LogP contribution in [-0.4, -0.2) is 54.3 Å². The molecule has 4 heterocycles. The van der Waals surface area contributed by atoms with Gasteiger partial charge in [-0.1, -0.05) is 6.07 Å². The third-order valence-electron chi connectivity index (χ3n) is 5.55. The van der Waals surface area contributed by atoms with Crippen LogP contribution >= 0.6 is 0 Å². The Morgan fingerprint density at radius 2 is 2.11 bits per heavy atom. The summed E-state index contributed by atoms with van der Waals surface area (Å²) in [4.78, 5) is 13.5. The standard InChI is InChI=1S/C21H27FN4O/c1-17-5-2-6-18(24-17)13-25-10-4-8-21(14-25)15-26(11-12-27-16-21)20-19(22)7-3-9-23-20/h2-3,5-7,9H,4,8,10-16H2,1H3/t21-/m0/s1. The number of anilines is 1. The van der Waals surface area contributed by atoms with Gasteiger partial charge in [0.05, 0.1) is 18.9 Å². The zero-order valence-electron chi connectivity index (χ0n) is 15.9. The van der Waals surface area contributed by atoms with Gasteiger partial charge in [0.1, 0.15) is 0 Å². The van der Waals surface area contributed by atoms with E-state index in [1.165, 1.54) is 6.07 Å². The van der Waals surface area contributed by atoms with Gasteiger partial charge in [0.15, 0.2) is 11.6 Å². The first kappa shape index (κ1) is 18.3. The van der Waals surface area contributed by atoms with Gasteiger partial charge in [-0.05, 0) is 50.6 Å². The van der Waals surface area contributed by atoms with E-state index in [0.29, 0.717) is 19.0 Å². The molecule has 1 spiro atoms. The number of pyridine rings is 2. The smallest absolute Gasteiger partial charge is 0.165 e. The number of hydrogen-bond donors (Lipinski definition) is 0. The Balaban J connectivity index is 1.51. The zero-order valence-corrected chi connectivity index (χ0v) is 15.9. The van der Waals surface area contributed by atoms with Gasteiger partial charge in [0, 0.05) is 43.5 Å². The summed E-state index contributed by atoms with van der Waals surface area (Å²) in [7, 11) is 0. The SMILES string of the molecule is Cc1cccc(CN2CCC[C@]3(COCCN(c4ncccc4F)C3)C2)n1. The molecule has 0 bridgehead atoms.